The Hall–Kier alpha value is -2.04. The second kappa shape index (κ2) is 5.63. The number of aliphatic carboxylic acids is 1. The summed E-state index contributed by atoms with van der Waals surface area (Å²) in [7, 11) is 1.60. The van der Waals surface area contributed by atoms with Crippen LogP contribution in [0.5, 0.6) is 5.75 Å². The lowest BCUT2D eigenvalue weighted by Crippen LogP contribution is -2.37. The summed E-state index contributed by atoms with van der Waals surface area (Å²) in [5.41, 5.74) is 0.190. The van der Waals surface area contributed by atoms with E-state index in [0.29, 0.717) is 25.9 Å². The molecule has 1 heterocycles. The molecule has 1 N–H and O–H groups in total. The number of amides is 1. The zero-order valence-corrected chi connectivity index (χ0v) is 12.7. The van der Waals surface area contributed by atoms with Gasteiger partial charge in [-0.3, -0.25) is 9.59 Å². The van der Waals surface area contributed by atoms with E-state index in [1.54, 1.807) is 12.0 Å². The Morgan fingerprint density at radius 3 is 2.95 bits per heavy atom. The second-order valence-electron chi connectivity index (χ2n) is 6.35. The van der Waals surface area contributed by atoms with Crippen LogP contribution in [-0.4, -0.2) is 42.1 Å². The fourth-order valence-corrected chi connectivity index (χ4v) is 3.90. The molecule has 1 saturated heterocycles. The molecule has 5 heteroatoms. The van der Waals surface area contributed by atoms with E-state index < -0.39 is 11.4 Å². The Morgan fingerprint density at radius 2 is 2.27 bits per heavy atom. The number of fused-ring (bicyclic) bond motifs is 1. The lowest BCUT2D eigenvalue weighted by Gasteiger charge is -2.23. The van der Waals surface area contributed by atoms with Gasteiger partial charge in [0.1, 0.15) is 5.75 Å². The Kier molecular flexibility index (Phi) is 3.81. The van der Waals surface area contributed by atoms with Gasteiger partial charge in [0.25, 0.3) is 0 Å². The van der Waals surface area contributed by atoms with Crippen molar-refractivity contribution in [2.24, 2.45) is 11.3 Å². The van der Waals surface area contributed by atoms with Gasteiger partial charge in [-0.2, -0.15) is 0 Å². The van der Waals surface area contributed by atoms with E-state index in [1.807, 2.05) is 24.3 Å². The van der Waals surface area contributed by atoms with Crippen molar-refractivity contribution < 1.29 is 19.4 Å². The zero-order valence-electron chi connectivity index (χ0n) is 12.7. The molecule has 2 fully saturated rings. The minimum atomic E-state index is -0.744. The number of hydrogen-bond acceptors (Lipinski definition) is 3. The molecule has 1 aliphatic carbocycles. The molecule has 5 nitrogen and oxygen atoms in total. The number of likely N-dealkylation sites (tertiary alicyclic amines) is 1. The maximum Gasteiger partial charge on any atom is 0.311 e. The fourth-order valence-electron chi connectivity index (χ4n) is 3.90. The van der Waals surface area contributed by atoms with Crippen molar-refractivity contribution in [1.29, 1.82) is 0 Å². The number of nitrogens with zero attached hydrogens (tertiary/aromatic N) is 1. The smallest absolute Gasteiger partial charge is 0.311 e. The number of ether oxygens (including phenoxy) is 1. The molecule has 0 unspecified atom stereocenters. The highest BCUT2D eigenvalue weighted by atomic mass is 16.5. The van der Waals surface area contributed by atoms with Crippen LogP contribution in [0, 0.1) is 11.3 Å². The normalized spacial score (nSPS) is 26.8. The summed E-state index contributed by atoms with van der Waals surface area (Å²) in [5.74, 6) is 0.0971. The molecule has 2 atom stereocenters. The molecule has 22 heavy (non-hydrogen) atoms. The summed E-state index contributed by atoms with van der Waals surface area (Å²) in [4.78, 5) is 25.9. The van der Waals surface area contributed by atoms with Crippen LogP contribution in [0.25, 0.3) is 0 Å². The van der Waals surface area contributed by atoms with Gasteiger partial charge in [-0.15, -0.1) is 0 Å². The number of carbonyl (C=O) groups excluding carboxylic acids is 1. The highest BCUT2D eigenvalue weighted by molar-refractivity contribution is 5.82. The number of carboxylic acid groups (broad SMARTS) is 1. The zero-order chi connectivity index (χ0) is 15.7. The Bertz CT molecular complexity index is 600. The molecule has 1 aromatic carbocycles. The van der Waals surface area contributed by atoms with E-state index >= 15 is 0 Å². The number of methoxy groups -OCH3 is 1. The monoisotopic (exact) mass is 303 g/mol. The molecule has 0 spiro atoms. The minimum absolute atomic E-state index is 0.00304. The van der Waals surface area contributed by atoms with E-state index in [2.05, 4.69) is 0 Å². The van der Waals surface area contributed by atoms with E-state index in [4.69, 9.17) is 4.74 Å². The number of benzene rings is 1. The summed E-state index contributed by atoms with van der Waals surface area (Å²) in [6.45, 7) is 0.935. The van der Waals surface area contributed by atoms with Crippen molar-refractivity contribution in [3.8, 4) is 5.75 Å². The molecule has 118 valence electrons. The maximum atomic E-state index is 12.5. The van der Waals surface area contributed by atoms with Crippen molar-refractivity contribution >= 4 is 11.9 Å². The van der Waals surface area contributed by atoms with Crippen LogP contribution in [0.2, 0.25) is 0 Å². The highest BCUT2D eigenvalue weighted by Crippen LogP contribution is 2.48. The lowest BCUT2D eigenvalue weighted by atomic mass is 9.81. The van der Waals surface area contributed by atoms with Crippen LogP contribution in [0.1, 0.15) is 24.8 Å². The highest BCUT2D eigenvalue weighted by Gasteiger charge is 2.55. The largest absolute Gasteiger partial charge is 0.497 e. The van der Waals surface area contributed by atoms with Gasteiger partial charge in [-0.05, 0) is 36.5 Å². The van der Waals surface area contributed by atoms with Crippen molar-refractivity contribution in [2.75, 3.05) is 20.2 Å². The van der Waals surface area contributed by atoms with E-state index in [9.17, 15) is 14.7 Å². The first-order valence-electron chi connectivity index (χ1n) is 7.69. The molecule has 2 aliphatic rings. The first-order chi connectivity index (χ1) is 10.5. The van der Waals surface area contributed by atoms with Gasteiger partial charge in [0.15, 0.2) is 0 Å². The third-order valence-electron chi connectivity index (χ3n) is 5.14. The van der Waals surface area contributed by atoms with Gasteiger partial charge in [-0.25, -0.2) is 0 Å². The Morgan fingerprint density at radius 1 is 1.45 bits per heavy atom. The minimum Gasteiger partial charge on any atom is -0.497 e. The van der Waals surface area contributed by atoms with Crippen LogP contribution >= 0.6 is 0 Å². The maximum absolute atomic E-state index is 12.5. The van der Waals surface area contributed by atoms with Crippen molar-refractivity contribution in [1.82, 2.24) is 4.90 Å². The van der Waals surface area contributed by atoms with E-state index in [-0.39, 0.29) is 11.8 Å². The summed E-state index contributed by atoms with van der Waals surface area (Å²) < 4.78 is 5.17. The molecule has 0 radical (unpaired) electrons. The van der Waals surface area contributed by atoms with Crippen molar-refractivity contribution in [2.45, 2.75) is 25.7 Å². The summed E-state index contributed by atoms with van der Waals surface area (Å²) in [6, 6.07) is 7.44. The number of carbonyl (C=O) groups is 2. The summed E-state index contributed by atoms with van der Waals surface area (Å²) in [5, 5.41) is 9.58. The molecule has 0 bridgehead atoms. The van der Waals surface area contributed by atoms with E-state index in [1.165, 1.54) is 0 Å². The third kappa shape index (κ3) is 2.45. The lowest BCUT2D eigenvalue weighted by molar-refractivity contribution is -0.149. The van der Waals surface area contributed by atoms with Gasteiger partial charge < -0.3 is 14.7 Å². The van der Waals surface area contributed by atoms with Crippen LogP contribution in [0.15, 0.2) is 24.3 Å². The molecule has 1 aromatic rings. The topological polar surface area (TPSA) is 66.8 Å². The second-order valence-corrected chi connectivity index (χ2v) is 6.35. The van der Waals surface area contributed by atoms with Gasteiger partial charge in [0.2, 0.25) is 5.91 Å². The van der Waals surface area contributed by atoms with Crippen LogP contribution in [-0.2, 0) is 16.0 Å². The summed E-state index contributed by atoms with van der Waals surface area (Å²) in [6.07, 6.45) is 2.85. The predicted octanol–water partition coefficient (Wildman–Crippen LogP) is 1.95. The van der Waals surface area contributed by atoms with E-state index in [0.717, 1.165) is 24.2 Å². The van der Waals surface area contributed by atoms with Crippen molar-refractivity contribution in [3.63, 3.8) is 0 Å². The SMILES string of the molecule is COc1cccc(CC(=O)N2C[C@@H]3CCC[C@@]3(C(=O)O)C2)c1. The number of hydrogen-bond donors (Lipinski definition) is 1. The standard InChI is InChI=1S/C17H21NO4/c1-22-14-6-2-4-12(8-14)9-15(19)18-10-13-5-3-7-17(13,11-18)16(20)21/h2,4,6,8,13H,3,5,7,9-11H2,1H3,(H,20,21)/t13-,17+/m0/s1. The van der Waals surface area contributed by atoms with Gasteiger partial charge >= 0.3 is 5.97 Å². The van der Waals surface area contributed by atoms with Crippen molar-refractivity contribution in [3.05, 3.63) is 29.8 Å². The first-order valence-corrected chi connectivity index (χ1v) is 7.69. The molecule has 1 saturated carbocycles. The number of rotatable bonds is 4. The van der Waals surface area contributed by atoms with Gasteiger partial charge in [0.05, 0.1) is 18.9 Å². The Labute approximate surface area is 129 Å². The quantitative estimate of drug-likeness (QED) is 0.923. The first kappa shape index (κ1) is 14.9. The average molecular weight is 303 g/mol. The molecule has 3 rings (SSSR count). The third-order valence-corrected chi connectivity index (χ3v) is 5.14. The molecule has 1 amide bonds. The van der Waals surface area contributed by atoms with Gasteiger partial charge in [0, 0.05) is 13.1 Å². The average Bonchev–Trinajstić information content (AvgIpc) is 3.05. The fraction of sp³-hybridized carbons (Fsp3) is 0.529. The predicted molar refractivity (Wildman–Crippen MR) is 80.7 cm³/mol. The van der Waals surface area contributed by atoms with Crippen LogP contribution in [0.3, 0.4) is 0 Å². The molecular weight excluding hydrogens is 282 g/mol. The molecular formula is C17H21NO4. The Balaban J connectivity index is 1.70. The number of carboxylic acids is 1. The van der Waals surface area contributed by atoms with Gasteiger partial charge in [-0.1, -0.05) is 18.6 Å². The molecule has 0 aromatic heterocycles. The van der Waals surface area contributed by atoms with Crippen LogP contribution in [0.4, 0.5) is 0 Å². The molecule has 1 aliphatic heterocycles. The van der Waals surface area contributed by atoms with Crippen LogP contribution < -0.4 is 4.74 Å². The summed E-state index contributed by atoms with van der Waals surface area (Å²) >= 11 is 0.